The minimum Gasteiger partial charge on any atom is -0.352 e. The Balaban J connectivity index is 1.71. The van der Waals surface area contributed by atoms with Crippen LogP contribution in [0.2, 0.25) is 0 Å². The lowest BCUT2D eigenvalue weighted by atomic mass is 10.00. The Labute approximate surface area is 110 Å². The van der Waals surface area contributed by atoms with Gasteiger partial charge in [0.05, 0.1) is 5.56 Å². The molecule has 1 saturated heterocycles. The molecule has 0 atom stereocenters. The van der Waals surface area contributed by atoms with Gasteiger partial charge in [-0.15, -0.1) is 11.6 Å². The molecule has 0 aliphatic carbocycles. The first-order valence-corrected chi connectivity index (χ1v) is 6.26. The minimum atomic E-state index is -0.134. The van der Waals surface area contributed by atoms with Crippen LogP contribution in [0, 0.1) is 5.92 Å². The van der Waals surface area contributed by atoms with Crippen LogP contribution in [0.15, 0.2) is 24.5 Å². The van der Waals surface area contributed by atoms with E-state index in [-0.39, 0.29) is 17.7 Å². The molecule has 2 rings (SSSR count). The summed E-state index contributed by atoms with van der Waals surface area (Å²) in [5.74, 6) is 0.156. The van der Waals surface area contributed by atoms with Gasteiger partial charge in [0.15, 0.2) is 0 Å². The molecule has 1 aromatic rings. The number of halogens is 1. The average Bonchev–Trinajstić information content (AvgIpc) is 2.37. The summed E-state index contributed by atoms with van der Waals surface area (Å²) < 4.78 is 0. The molecule has 0 unspecified atom stereocenters. The van der Waals surface area contributed by atoms with Crippen LogP contribution in [0.1, 0.15) is 10.4 Å². The number of amides is 2. The molecule has 96 valence electrons. The molecule has 0 radical (unpaired) electrons. The third-order valence-corrected chi connectivity index (χ3v) is 3.13. The highest BCUT2D eigenvalue weighted by Gasteiger charge is 2.29. The molecule has 0 bridgehead atoms. The molecular weight excluding hydrogens is 254 g/mol. The third-order valence-electron chi connectivity index (χ3n) is 2.90. The fourth-order valence-electron chi connectivity index (χ4n) is 1.82. The number of hydrogen-bond donors (Lipinski definition) is 1. The van der Waals surface area contributed by atoms with E-state index in [4.69, 9.17) is 11.6 Å². The zero-order valence-electron chi connectivity index (χ0n) is 9.80. The van der Waals surface area contributed by atoms with Crippen molar-refractivity contribution in [2.45, 2.75) is 0 Å². The van der Waals surface area contributed by atoms with Crippen molar-refractivity contribution in [3.05, 3.63) is 30.1 Å². The van der Waals surface area contributed by atoms with Crippen molar-refractivity contribution in [1.82, 2.24) is 15.2 Å². The maximum absolute atomic E-state index is 11.7. The Hall–Kier alpha value is -1.62. The van der Waals surface area contributed by atoms with Crippen LogP contribution in [0.4, 0.5) is 0 Å². The Morgan fingerprint density at radius 1 is 1.50 bits per heavy atom. The van der Waals surface area contributed by atoms with Crippen LogP contribution < -0.4 is 5.32 Å². The van der Waals surface area contributed by atoms with Gasteiger partial charge >= 0.3 is 0 Å². The van der Waals surface area contributed by atoms with E-state index in [0.29, 0.717) is 31.1 Å². The Morgan fingerprint density at radius 3 is 2.89 bits per heavy atom. The van der Waals surface area contributed by atoms with E-state index in [1.165, 1.54) is 6.20 Å². The second-order valence-corrected chi connectivity index (χ2v) is 4.52. The molecule has 1 fully saturated rings. The molecular formula is C12H14ClN3O2. The molecule has 1 aliphatic heterocycles. The normalized spacial score (nSPS) is 15.1. The number of likely N-dealkylation sites (tertiary alicyclic amines) is 1. The lowest BCUT2D eigenvalue weighted by Crippen LogP contribution is -2.54. The third kappa shape index (κ3) is 2.98. The summed E-state index contributed by atoms with van der Waals surface area (Å²) >= 11 is 5.45. The van der Waals surface area contributed by atoms with E-state index < -0.39 is 0 Å². The van der Waals surface area contributed by atoms with Crippen LogP contribution >= 0.6 is 11.6 Å². The van der Waals surface area contributed by atoms with Crippen molar-refractivity contribution < 1.29 is 9.59 Å². The van der Waals surface area contributed by atoms with E-state index in [1.54, 1.807) is 23.2 Å². The first-order valence-electron chi connectivity index (χ1n) is 5.72. The summed E-state index contributed by atoms with van der Waals surface area (Å²) in [7, 11) is 0. The van der Waals surface area contributed by atoms with E-state index >= 15 is 0 Å². The largest absolute Gasteiger partial charge is 0.352 e. The van der Waals surface area contributed by atoms with Gasteiger partial charge < -0.3 is 10.2 Å². The van der Waals surface area contributed by atoms with E-state index in [9.17, 15) is 9.59 Å². The van der Waals surface area contributed by atoms with E-state index in [1.807, 2.05) is 0 Å². The highest BCUT2D eigenvalue weighted by Crippen LogP contribution is 2.15. The summed E-state index contributed by atoms with van der Waals surface area (Å²) in [5.41, 5.74) is 0.547. The minimum absolute atomic E-state index is 0.0226. The first-order chi connectivity index (χ1) is 8.70. The summed E-state index contributed by atoms with van der Waals surface area (Å²) in [4.78, 5) is 28.5. The number of aromatic nitrogens is 1. The Morgan fingerprint density at radius 2 is 2.28 bits per heavy atom. The van der Waals surface area contributed by atoms with Gasteiger partial charge in [0.25, 0.3) is 5.91 Å². The van der Waals surface area contributed by atoms with Crippen molar-refractivity contribution in [1.29, 1.82) is 0 Å². The van der Waals surface area contributed by atoms with Gasteiger partial charge in [-0.1, -0.05) is 0 Å². The van der Waals surface area contributed by atoms with Crippen LogP contribution in [0.25, 0.3) is 0 Å². The quantitative estimate of drug-likeness (QED) is 0.809. The van der Waals surface area contributed by atoms with Crippen LogP contribution in [0.3, 0.4) is 0 Å². The van der Waals surface area contributed by atoms with Crippen molar-refractivity contribution in [3.8, 4) is 0 Å². The highest BCUT2D eigenvalue weighted by molar-refractivity contribution is 6.27. The number of alkyl halides is 1. The molecule has 2 amide bonds. The van der Waals surface area contributed by atoms with Crippen LogP contribution in [0.5, 0.6) is 0 Å². The van der Waals surface area contributed by atoms with Gasteiger partial charge in [-0.2, -0.15) is 0 Å². The van der Waals surface area contributed by atoms with Gasteiger partial charge in [0.1, 0.15) is 5.88 Å². The lowest BCUT2D eigenvalue weighted by molar-refractivity contribution is -0.134. The Bertz CT molecular complexity index is 432. The Kier molecular flexibility index (Phi) is 4.15. The van der Waals surface area contributed by atoms with Crippen LogP contribution in [-0.4, -0.2) is 47.2 Å². The lowest BCUT2D eigenvalue weighted by Gasteiger charge is -2.39. The number of hydrogen-bond acceptors (Lipinski definition) is 3. The van der Waals surface area contributed by atoms with Gasteiger partial charge in [-0.3, -0.25) is 14.6 Å². The summed E-state index contributed by atoms with van der Waals surface area (Å²) in [6, 6.07) is 3.44. The smallest absolute Gasteiger partial charge is 0.252 e. The van der Waals surface area contributed by atoms with E-state index in [0.717, 1.165) is 0 Å². The number of carbonyl (C=O) groups excluding carboxylic acids is 2. The topological polar surface area (TPSA) is 62.3 Å². The molecule has 1 aliphatic rings. The number of carbonyl (C=O) groups is 2. The van der Waals surface area contributed by atoms with Crippen molar-refractivity contribution in [2.75, 3.05) is 25.5 Å². The number of nitrogens with zero attached hydrogens (tertiary/aromatic N) is 2. The SMILES string of the molecule is O=C(NCC1CN(C(=O)CCl)C1)c1cccnc1. The number of pyridine rings is 1. The molecule has 6 heteroatoms. The number of nitrogens with one attached hydrogen (secondary N) is 1. The highest BCUT2D eigenvalue weighted by atomic mass is 35.5. The number of rotatable bonds is 4. The zero-order valence-corrected chi connectivity index (χ0v) is 10.6. The predicted molar refractivity (Wildman–Crippen MR) is 67.4 cm³/mol. The molecule has 1 aromatic heterocycles. The maximum Gasteiger partial charge on any atom is 0.252 e. The fourth-order valence-corrected chi connectivity index (χ4v) is 1.99. The summed E-state index contributed by atoms with van der Waals surface area (Å²) in [6.45, 7) is 1.90. The second-order valence-electron chi connectivity index (χ2n) is 4.25. The second kappa shape index (κ2) is 5.82. The predicted octanol–water partition coefficient (Wildman–Crippen LogP) is 0.509. The summed E-state index contributed by atoms with van der Waals surface area (Å²) in [5, 5.41) is 2.83. The fraction of sp³-hybridized carbons (Fsp3) is 0.417. The molecule has 0 saturated carbocycles. The molecule has 0 aromatic carbocycles. The first kappa shape index (κ1) is 12.8. The van der Waals surface area contributed by atoms with Crippen molar-refractivity contribution in [3.63, 3.8) is 0 Å². The van der Waals surface area contributed by atoms with Gasteiger partial charge in [-0.05, 0) is 12.1 Å². The van der Waals surface area contributed by atoms with Crippen molar-refractivity contribution in [2.24, 2.45) is 5.92 Å². The average molecular weight is 268 g/mol. The molecule has 5 nitrogen and oxygen atoms in total. The molecule has 18 heavy (non-hydrogen) atoms. The molecule has 0 spiro atoms. The molecule has 2 heterocycles. The van der Waals surface area contributed by atoms with Gasteiger partial charge in [-0.25, -0.2) is 0 Å². The zero-order chi connectivity index (χ0) is 13.0. The maximum atomic E-state index is 11.7. The van der Waals surface area contributed by atoms with Gasteiger partial charge in [0.2, 0.25) is 5.91 Å². The van der Waals surface area contributed by atoms with E-state index in [2.05, 4.69) is 10.3 Å². The standard InChI is InChI=1S/C12H14ClN3O2/c13-4-11(17)16-7-9(8-16)5-15-12(18)10-2-1-3-14-6-10/h1-3,6,9H,4-5,7-8H2,(H,15,18). The van der Waals surface area contributed by atoms with Crippen LogP contribution in [-0.2, 0) is 4.79 Å². The summed E-state index contributed by atoms with van der Waals surface area (Å²) in [6.07, 6.45) is 3.15. The van der Waals surface area contributed by atoms with Gasteiger partial charge in [0, 0.05) is 37.9 Å². The molecule has 1 N–H and O–H groups in total. The van der Waals surface area contributed by atoms with Crippen molar-refractivity contribution >= 4 is 23.4 Å². The monoisotopic (exact) mass is 267 g/mol.